The Balaban J connectivity index is 1.32. The molecule has 0 aliphatic carbocycles. The molecule has 2 aromatic heterocycles. The summed E-state index contributed by atoms with van der Waals surface area (Å²) in [6.45, 7) is 8.54. The summed E-state index contributed by atoms with van der Waals surface area (Å²) in [4.78, 5) is 26.2. The van der Waals surface area contributed by atoms with E-state index in [0.717, 1.165) is 60.6 Å². The third-order valence-electron chi connectivity index (χ3n) is 7.15. The number of likely N-dealkylation sites (tertiary alicyclic amines) is 1. The van der Waals surface area contributed by atoms with Crippen molar-refractivity contribution in [3.8, 4) is 0 Å². The van der Waals surface area contributed by atoms with Gasteiger partial charge in [-0.15, -0.1) is 0 Å². The van der Waals surface area contributed by atoms with Gasteiger partial charge in [0, 0.05) is 50.5 Å². The Morgan fingerprint density at radius 2 is 2.18 bits per heavy atom. The Morgan fingerprint density at radius 1 is 1.29 bits per heavy atom. The van der Waals surface area contributed by atoms with E-state index in [1.807, 2.05) is 28.9 Å². The molecule has 4 heterocycles. The maximum atomic E-state index is 13.3. The second-order valence-corrected chi connectivity index (χ2v) is 9.29. The monoisotopic (exact) mass is 465 g/mol. The molecule has 34 heavy (non-hydrogen) atoms. The van der Waals surface area contributed by atoms with Crippen molar-refractivity contribution >= 4 is 16.9 Å². The van der Waals surface area contributed by atoms with Crippen molar-refractivity contribution in [2.45, 2.75) is 51.9 Å². The summed E-state index contributed by atoms with van der Waals surface area (Å²) in [7, 11) is 1.69. The van der Waals surface area contributed by atoms with E-state index in [4.69, 9.17) is 14.8 Å². The number of nitrogens with zero attached hydrogens (tertiary/aromatic N) is 5. The molecular formula is C25H35N7O2. The normalized spacial score (nSPS) is 19.1. The van der Waals surface area contributed by atoms with Crippen molar-refractivity contribution in [3.05, 3.63) is 47.0 Å². The highest BCUT2D eigenvalue weighted by atomic mass is 16.5. The number of hydrogen-bond acceptors (Lipinski definition) is 6. The third-order valence-corrected chi connectivity index (χ3v) is 7.15. The van der Waals surface area contributed by atoms with E-state index < -0.39 is 0 Å². The summed E-state index contributed by atoms with van der Waals surface area (Å²) in [5, 5.41) is 7.93. The Labute approximate surface area is 200 Å². The topological polar surface area (TPSA) is 91.3 Å². The molecule has 2 N–H and O–H groups in total. The number of carbonyl (C=O) groups excluding carboxylic acids is 1. The van der Waals surface area contributed by atoms with Crippen LogP contribution in [-0.4, -0.2) is 81.4 Å². The highest BCUT2D eigenvalue weighted by molar-refractivity contribution is 5.94. The number of carbonyl (C=O) groups is 1. The molecule has 2 aliphatic rings. The predicted octanol–water partition coefficient (Wildman–Crippen LogP) is 2.18. The first-order valence-corrected chi connectivity index (χ1v) is 12.4. The number of imidazole rings is 1. The van der Waals surface area contributed by atoms with Crippen molar-refractivity contribution in [2.24, 2.45) is 0 Å². The van der Waals surface area contributed by atoms with Gasteiger partial charge in [0.1, 0.15) is 5.82 Å². The van der Waals surface area contributed by atoms with E-state index in [1.54, 1.807) is 7.11 Å². The van der Waals surface area contributed by atoms with Crippen LogP contribution in [0, 0.1) is 0 Å². The average Bonchev–Trinajstić information content (AvgIpc) is 3.57. The maximum Gasteiger partial charge on any atom is 0.272 e. The number of hydrogen-bond donors (Lipinski definition) is 2. The largest absolute Gasteiger partial charge is 0.383 e. The smallest absolute Gasteiger partial charge is 0.272 e. The van der Waals surface area contributed by atoms with Crippen LogP contribution in [-0.2, 0) is 30.8 Å². The molecular weight excluding hydrogens is 430 g/mol. The molecule has 2 aliphatic heterocycles. The van der Waals surface area contributed by atoms with Gasteiger partial charge in [-0.1, -0.05) is 19.1 Å². The maximum absolute atomic E-state index is 13.3. The number of H-pyrrole nitrogens is 1. The molecule has 9 heteroatoms. The van der Waals surface area contributed by atoms with Gasteiger partial charge < -0.3 is 15.0 Å². The molecule has 1 atom stereocenters. The van der Waals surface area contributed by atoms with Crippen molar-refractivity contribution < 1.29 is 9.53 Å². The summed E-state index contributed by atoms with van der Waals surface area (Å²) < 4.78 is 7.26. The van der Waals surface area contributed by atoms with Crippen LogP contribution in [0.5, 0.6) is 0 Å². The molecule has 0 radical (unpaired) electrons. The van der Waals surface area contributed by atoms with Gasteiger partial charge >= 0.3 is 0 Å². The van der Waals surface area contributed by atoms with E-state index in [-0.39, 0.29) is 5.91 Å². The lowest BCUT2D eigenvalue weighted by molar-refractivity contribution is 0.0932. The first kappa shape index (κ1) is 23.0. The van der Waals surface area contributed by atoms with Crippen molar-refractivity contribution in [1.82, 2.24) is 34.9 Å². The minimum absolute atomic E-state index is 0.0686. The molecule has 0 spiro atoms. The molecule has 1 fully saturated rings. The first-order valence-electron chi connectivity index (χ1n) is 12.4. The predicted molar refractivity (Wildman–Crippen MR) is 131 cm³/mol. The fourth-order valence-corrected chi connectivity index (χ4v) is 5.36. The Kier molecular flexibility index (Phi) is 6.94. The van der Waals surface area contributed by atoms with E-state index in [1.165, 1.54) is 6.42 Å². The molecule has 0 bridgehead atoms. The van der Waals surface area contributed by atoms with Crippen molar-refractivity contribution in [2.75, 3.05) is 39.9 Å². The van der Waals surface area contributed by atoms with Crippen molar-refractivity contribution in [1.29, 1.82) is 0 Å². The number of para-hydroxylation sites is 2. The lowest BCUT2D eigenvalue weighted by Crippen LogP contribution is -2.40. The van der Waals surface area contributed by atoms with Crippen LogP contribution in [0.2, 0.25) is 0 Å². The van der Waals surface area contributed by atoms with Crippen LogP contribution < -0.4 is 5.32 Å². The molecule has 1 unspecified atom stereocenters. The van der Waals surface area contributed by atoms with Gasteiger partial charge in [0.25, 0.3) is 5.91 Å². The number of ether oxygens (including phenoxy) is 1. The Morgan fingerprint density at radius 3 is 3.00 bits per heavy atom. The quantitative estimate of drug-likeness (QED) is 0.503. The SMILES string of the molecule is CCN1CCCC1CNC(=O)c1nn(CCOC)c2c1CN(Cc1nc3ccccc3[nH]1)CC2. The fraction of sp³-hybridized carbons (Fsp3) is 0.560. The third kappa shape index (κ3) is 4.73. The lowest BCUT2D eigenvalue weighted by Gasteiger charge is -2.27. The molecule has 1 aromatic carbocycles. The summed E-state index contributed by atoms with van der Waals surface area (Å²) in [5.74, 6) is 0.879. The highest BCUT2D eigenvalue weighted by Crippen LogP contribution is 2.25. The standard InChI is InChI=1S/C25H35N7O2/c1-3-31-11-6-7-18(31)15-26-25(33)24-19-16-30(12-10-22(19)32(29-24)13-14-34-2)17-23-27-20-8-4-5-9-21(20)28-23/h4-5,8-9,18H,3,6-7,10-17H2,1-2H3,(H,26,33)(H,27,28). The van der Waals surface area contributed by atoms with Crippen LogP contribution in [0.4, 0.5) is 0 Å². The summed E-state index contributed by atoms with van der Waals surface area (Å²) >= 11 is 0. The van der Waals surface area contributed by atoms with Gasteiger partial charge in [-0.3, -0.25) is 19.3 Å². The molecule has 0 saturated carbocycles. The van der Waals surface area contributed by atoms with Gasteiger partial charge in [0.2, 0.25) is 0 Å². The van der Waals surface area contributed by atoms with E-state index >= 15 is 0 Å². The van der Waals surface area contributed by atoms with Gasteiger partial charge in [-0.25, -0.2) is 4.98 Å². The molecule has 5 rings (SSSR count). The first-order chi connectivity index (χ1) is 16.7. The molecule has 3 aromatic rings. The van der Waals surface area contributed by atoms with E-state index in [9.17, 15) is 4.79 Å². The number of nitrogens with one attached hydrogen (secondary N) is 2. The molecule has 1 saturated heterocycles. The van der Waals surface area contributed by atoms with Gasteiger partial charge in [0.05, 0.1) is 30.7 Å². The second kappa shape index (κ2) is 10.2. The number of likely N-dealkylation sites (N-methyl/N-ethyl adjacent to an activating group) is 1. The van der Waals surface area contributed by atoms with Gasteiger partial charge in [-0.2, -0.15) is 5.10 Å². The minimum Gasteiger partial charge on any atom is -0.383 e. The van der Waals surface area contributed by atoms with E-state index in [0.29, 0.717) is 44.5 Å². The Hall–Kier alpha value is -2.75. The number of aromatic amines is 1. The fourth-order valence-electron chi connectivity index (χ4n) is 5.36. The molecule has 9 nitrogen and oxygen atoms in total. The second-order valence-electron chi connectivity index (χ2n) is 9.29. The number of benzene rings is 1. The zero-order valence-electron chi connectivity index (χ0n) is 20.2. The average molecular weight is 466 g/mol. The van der Waals surface area contributed by atoms with Crippen LogP contribution in [0.3, 0.4) is 0 Å². The Bertz CT molecular complexity index is 1100. The zero-order chi connectivity index (χ0) is 23.5. The summed E-state index contributed by atoms with van der Waals surface area (Å²) in [5.41, 5.74) is 4.78. The molecule has 182 valence electrons. The number of aromatic nitrogens is 4. The van der Waals surface area contributed by atoms with Crippen LogP contribution in [0.1, 0.15) is 47.3 Å². The number of amides is 1. The van der Waals surface area contributed by atoms with Crippen LogP contribution in [0.15, 0.2) is 24.3 Å². The number of fused-ring (bicyclic) bond motifs is 2. The summed E-state index contributed by atoms with van der Waals surface area (Å²) in [6, 6.07) is 8.51. The van der Waals surface area contributed by atoms with E-state index in [2.05, 4.69) is 27.0 Å². The van der Waals surface area contributed by atoms with Crippen molar-refractivity contribution in [3.63, 3.8) is 0 Å². The van der Waals surface area contributed by atoms with Crippen LogP contribution in [0.25, 0.3) is 11.0 Å². The van der Waals surface area contributed by atoms with Gasteiger partial charge in [0.15, 0.2) is 5.69 Å². The summed E-state index contributed by atoms with van der Waals surface area (Å²) in [6.07, 6.45) is 3.19. The lowest BCUT2D eigenvalue weighted by atomic mass is 10.0. The number of methoxy groups -OCH3 is 1. The van der Waals surface area contributed by atoms with Gasteiger partial charge in [-0.05, 0) is 38.1 Å². The number of rotatable bonds is 9. The highest BCUT2D eigenvalue weighted by Gasteiger charge is 2.30. The zero-order valence-corrected chi connectivity index (χ0v) is 20.2. The minimum atomic E-state index is -0.0686. The molecule has 1 amide bonds. The van der Waals surface area contributed by atoms with Crippen LogP contribution >= 0.6 is 0 Å².